The number of pyridine rings is 1. The first-order valence-corrected chi connectivity index (χ1v) is 12.0. The lowest BCUT2D eigenvalue weighted by atomic mass is 9.88. The van der Waals surface area contributed by atoms with Gasteiger partial charge in [-0.15, -0.1) is 11.3 Å². The molecule has 1 amide bonds. The van der Waals surface area contributed by atoms with Crippen molar-refractivity contribution >= 4 is 23.2 Å². The van der Waals surface area contributed by atoms with Crippen LogP contribution >= 0.6 is 11.3 Å². The molecule has 37 heavy (non-hydrogen) atoms. The molecule has 0 spiro atoms. The maximum Gasteiger partial charge on any atom is 0.419 e. The van der Waals surface area contributed by atoms with Crippen molar-refractivity contribution in [3.8, 4) is 16.3 Å². The molecule has 4 heterocycles. The quantitative estimate of drug-likeness (QED) is 0.442. The number of hydrogen-bond acceptors (Lipinski definition) is 8. The Bertz CT molecular complexity index is 1250. The molecule has 0 aromatic carbocycles. The Labute approximate surface area is 212 Å². The summed E-state index contributed by atoms with van der Waals surface area (Å²) >= 11 is 1.21. The second kappa shape index (κ2) is 10.1. The van der Waals surface area contributed by atoms with E-state index in [0.717, 1.165) is 4.90 Å². The number of methoxy groups -OCH3 is 1. The van der Waals surface area contributed by atoms with Crippen LogP contribution in [0.5, 0.6) is 5.75 Å². The minimum atomic E-state index is -4.59. The smallest absolute Gasteiger partial charge is 0.419 e. The van der Waals surface area contributed by atoms with Gasteiger partial charge in [0, 0.05) is 25.4 Å². The number of hydrogen-bond donors (Lipinski definition) is 1. The van der Waals surface area contributed by atoms with Gasteiger partial charge in [0.2, 0.25) is 5.95 Å². The number of nitrogens with zero attached hydrogens (tertiary/aromatic N) is 5. The first kappa shape index (κ1) is 26.6. The van der Waals surface area contributed by atoms with E-state index in [9.17, 15) is 26.7 Å². The highest BCUT2D eigenvalue weighted by Crippen LogP contribution is 2.37. The topological polar surface area (TPSA) is 93.1 Å². The molecule has 1 saturated heterocycles. The van der Waals surface area contributed by atoms with Crippen LogP contribution in [-0.4, -0.2) is 62.9 Å². The van der Waals surface area contributed by atoms with Crippen LogP contribution in [0.3, 0.4) is 0 Å². The number of nitrogens with one attached hydrogen (secondary N) is 1. The van der Waals surface area contributed by atoms with Crippen molar-refractivity contribution in [3.05, 3.63) is 47.0 Å². The maximum atomic E-state index is 14.6. The highest BCUT2D eigenvalue weighted by molar-refractivity contribution is 7.15. The molecule has 198 valence electrons. The molecule has 3 aromatic heterocycles. The van der Waals surface area contributed by atoms with E-state index in [1.54, 1.807) is 26.0 Å². The minimum Gasteiger partial charge on any atom is -0.495 e. The first-order chi connectivity index (χ1) is 17.4. The molecule has 2 atom stereocenters. The summed E-state index contributed by atoms with van der Waals surface area (Å²) in [6, 6.07) is 2.59. The fourth-order valence-corrected chi connectivity index (χ4v) is 5.04. The summed E-state index contributed by atoms with van der Waals surface area (Å²) < 4.78 is 72.7. The third-order valence-corrected chi connectivity index (χ3v) is 6.92. The average molecular weight is 543 g/mol. The van der Waals surface area contributed by atoms with E-state index < -0.39 is 48.5 Å². The number of rotatable bonds is 6. The van der Waals surface area contributed by atoms with Crippen LogP contribution in [0.1, 0.15) is 34.4 Å². The second-order valence-electron chi connectivity index (χ2n) is 8.71. The van der Waals surface area contributed by atoms with Crippen LogP contribution in [0.2, 0.25) is 0 Å². The summed E-state index contributed by atoms with van der Waals surface area (Å²) in [5, 5.41) is 3.34. The molecule has 4 rings (SSSR count). The molecule has 8 nitrogen and oxygen atoms in total. The molecular formula is C23H23F5N6O2S. The second-order valence-corrected chi connectivity index (χ2v) is 9.91. The largest absolute Gasteiger partial charge is 0.495 e. The lowest BCUT2D eigenvalue weighted by Gasteiger charge is -2.43. The molecule has 0 aliphatic carbocycles. The Morgan fingerprint density at radius 1 is 1.22 bits per heavy atom. The summed E-state index contributed by atoms with van der Waals surface area (Å²) in [5.74, 6) is -4.06. The first-order valence-electron chi connectivity index (χ1n) is 11.2. The normalized spacial score (nSPS) is 19.5. The van der Waals surface area contributed by atoms with E-state index in [1.807, 2.05) is 0 Å². The zero-order valence-corrected chi connectivity index (χ0v) is 20.8. The van der Waals surface area contributed by atoms with Gasteiger partial charge in [-0.3, -0.25) is 9.78 Å². The summed E-state index contributed by atoms with van der Waals surface area (Å²) in [5.41, 5.74) is -0.570. The van der Waals surface area contributed by atoms with E-state index in [4.69, 9.17) is 4.74 Å². The standard InChI is InChI=1S/C23H23F5N6O2S/c1-12-6-22(24,25)11-34(17(12)10-32-21-30-7-14(8-31-21)23(26,27)28)20(35)18-19(37-13(2)33-18)16-5-4-15(36-3)9-29-16/h4-5,7-9,12,17H,6,10-11H2,1-3H3,(H,30,31,32)/t12-,17-/m1/s1. The monoisotopic (exact) mass is 542 g/mol. The van der Waals surface area contributed by atoms with Crippen molar-refractivity contribution in [1.29, 1.82) is 0 Å². The van der Waals surface area contributed by atoms with Crippen molar-refractivity contribution in [2.45, 2.75) is 38.4 Å². The third-order valence-electron chi connectivity index (χ3n) is 5.93. The van der Waals surface area contributed by atoms with Crippen molar-refractivity contribution in [2.75, 3.05) is 25.5 Å². The number of carbonyl (C=O) groups is 1. The van der Waals surface area contributed by atoms with Gasteiger partial charge in [0.05, 0.1) is 47.0 Å². The van der Waals surface area contributed by atoms with Crippen LogP contribution in [-0.2, 0) is 6.18 Å². The van der Waals surface area contributed by atoms with E-state index in [2.05, 4.69) is 25.3 Å². The van der Waals surface area contributed by atoms with Crippen LogP contribution in [0.4, 0.5) is 27.9 Å². The van der Waals surface area contributed by atoms with Gasteiger partial charge in [-0.1, -0.05) is 6.92 Å². The number of carbonyl (C=O) groups excluding carboxylic acids is 1. The van der Waals surface area contributed by atoms with Gasteiger partial charge in [-0.05, 0) is 25.0 Å². The Morgan fingerprint density at radius 2 is 1.92 bits per heavy atom. The molecule has 3 aromatic rings. The number of aryl methyl sites for hydroxylation is 1. The predicted octanol–water partition coefficient (Wildman–Crippen LogP) is 4.93. The lowest BCUT2D eigenvalue weighted by molar-refractivity contribution is -0.138. The number of alkyl halides is 5. The fraction of sp³-hybridized carbons (Fsp3) is 0.435. The van der Waals surface area contributed by atoms with Gasteiger partial charge in [0.15, 0.2) is 0 Å². The van der Waals surface area contributed by atoms with Crippen molar-refractivity contribution in [3.63, 3.8) is 0 Å². The summed E-state index contributed by atoms with van der Waals surface area (Å²) in [4.78, 5) is 31.1. The van der Waals surface area contributed by atoms with Gasteiger partial charge in [-0.25, -0.2) is 23.7 Å². The Hall–Kier alpha value is -3.42. The van der Waals surface area contributed by atoms with Crippen LogP contribution in [0, 0.1) is 12.8 Å². The van der Waals surface area contributed by atoms with Crippen molar-refractivity contribution in [2.24, 2.45) is 5.92 Å². The van der Waals surface area contributed by atoms with E-state index >= 15 is 0 Å². The molecular weight excluding hydrogens is 519 g/mol. The van der Waals surface area contributed by atoms with Gasteiger partial charge in [0.1, 0.15) is 11.4 Å². The summed E-state index contributed by atoms with van der Waals surface area (Å²) in [6.07, 6.45) is -2.31. The average Bonchev–Trinajstić information content (AvgIpc) is 3.23. The van der Waals surface area contributed by atoms with Gasteiger partial charge >= 0.3 is 6.18 Å². The SMILES string of the molecule is COc1ccc(-c2sc(C)nc2C(=O)N2CC(F)(F)C[C@@H](C)[C@H]2CNc2ncc(C(F)(F)F)cn2)nc1. The molecule has 1 N–H and O–H groups in total. The Kier molecular flexibility index (Phi) is 7.31. The zero-order chi connectivity index (χ0) is 27.0. The third kappa shape index (κ3) is 5.95. The van der Waals surface area contributed by atoms with Crippen molar-refractivity contribution < 1.29 is 31.5 Å². The van der Waals surface area contributed by atoms with Gasteiger partial charge in [0.25, 0.3) is 11.8 Å². The summed E-state index contributed by atoms with van der Waals surface area (Å²) in [6.45, 7) is 2.41. The predicted molar refractivity (Wildman–Crippen MR) is 126 cm³/mol. The van der Waals surface area contributed by atoms with E-state index in [0.29, 0.717) is 33.7 Å². The van der Waals surface area contributed by atoms with Crippen molar-refractivity contribution in [1.82, 2.24) is 24.8 Å². The van der Waals surface area contributed by atoms with Gasteiger partial charge in [-0.2, -0.15) is 13.2 Å². The number of thiazole rings is 1. The number of piperidine rings is 1. The molecule has 0 radical (unpaired) electrons. The van der Waals surface area contributed by atoms with E-state index in [-0.39, 0.29) is 18.2 Å². The number of likely N-dealkylation sites (tertiary alicyclic amines) is 1. The molecule has 1 fully saturated rings. The zero-order valence-electron chi connectivity index (χ0n) is 20.0. The fourth-order valence-electron chi connectivity index (χ4n) is 4.16. The maximum absolute atomic E-state index is 14.6. The van der Waals surface area contributed by atoms with Crippen LogP contribution in [0.15, 0.2) is 30.7 Å². The molecule has 1 aliphatic rings. The molecule has 0 unspecified atom stereocenters. The number of ether oxygens (including phenoxy) is 1. The summed E-state index contributed by atoms with van der Waals surface area (Å²) in [7, 11) is 1.49. The lowest BCUT2D eigenvalue weighted by Crippen LogP contribution is -2.57. The Balaban J connectivity index is 1.60. The highest BCUT2D eigenvalue weighted by atomic mass is 32.1. The molecule has 0 saturated carbocycles. The molecule has 14 heteroatoms. The number of halogens is 5. The van der Waals surface area contributed by atoms with Crippen LogP contribution < -0.4 is 10.1 Å². The Morgan fingerprint density at radius 3 is 2.51 bits per heavy atom. The molecule has 0 bridgehead atoms. The number of anilines is 1. The van der Waals surface area contributed by atoms with E-state index in [1.165, 1.54) is 24.6 Å². The minimum absolute atomic E-state index is 0.000784. The van der Waals surface area contributed by atoms with Gasteiger partial charge < -0.3 is 15.0 Å². The van der Waals surface area contributed by atoms with Crippen LogP contribution in [0.25, 0.3) is 10.6 Å². The number of amides is 1. The molecule has 1 aliphatic heterocycles. The number of aromatic nitrogens is 4. The highest BCUT2D eigenvalue weighted by Gasteiger charge is 2.47.